The molecule has 36 heavy (non-hydrogen) atoms. The summed E-state index contributed by atoms with van der Waals surface area (Å²) >= 11 is 0. The number of sulfonamides is 1. The molecule has 1 saturated carbocycles. The van der Waals surface area contributed by atoms with Gasteiger partial charge in [-0.25, -0.2) is 8.42 Å². The second-order valence-electron chi connectivity index (χ2n) is 10.9. The number of carbonyl (C=O) groups is 1. The fourth-order valence-electron chi connectivity index (χ4n) is 7.70. The topological polar surface area (TPSA) is 76.2 Å². The molecule has 4 aliphatic rings. The third-order valence-electron chi connectivity index (χ3n) is 9.13. The molecule has 2 bridgehead atoms. The van der Waals surface area contributed by atoms with Gasteiger partial charge in [0.05, 0.1) is 25.4 Å². The quantitative estimate of drug-likeness (QED) is 0.570. The molecule has 2 aromatic carbocycles. The van der Waals surface area contributed by atoms with Gasteiger partial charge in [0.1, 0.15) is 11.9 Å². The van der Waals surface area contributed by atoms with Crippen LogP contribution in [0.2, 0.25) is 0 Å². The number of hydrogen-bond acceptors (Lipinski definition) is 6. The molecule has 0 N–H and O–H groups in total. The fraction of sp³-hybridized carbons (Fsp3) is 0.536. The van der Waals surface area contributed by atoms with E-state index in [4.69, 9.17) is 9.47 Å². The number of ketones is 1. The van der Waals surface area contributed by atoms with Crippen molar-refractivity contribution in [3.8, 4) is 11.5 Å². The van der Waals surface area contributed by atoms with Crippen LogP contribution in [0.4, 0.5) is 0 Å². The van der Waals surface area contributed by atoms with E-state index in [0.29, 0.717) is 12.5 Å². The van der Waals surface area contributed by atoms with Crippen molar-refractivity contribution in [3.63, 3.8) is 0 Å². The molecule has 2 heterocycles. The van der Waals surface area contributed by atoms with Crippen molar-refractivity contribution < 1.29 is 22.7 Å². The van der Waals surface area contributed by atoms with Crippen LogP contribution in [0, 0.1) is 5.92 Å². The Morgan fingerprint density at radius 2 is 1.97 bits per heavy atom. The van der Waals surface area contributed by atoms with Gasteiger partial charge < -0.3 is 9.47 Å². The maximum absolute atomic E-state index is 13.6. The maximum Gasteiger partial charge on any atom is 0.218 e. The molecule has 5 atom stereocenters. The van der Waals surface area contributed by atoms with Gasteiger partial charge in [-0.15, -0.1) is 0 Å². The molecule has 8 heteroatoms. The largest absolute Gasteiger partial charge is 0.493 e. The first kappa shape index (κ1) is 23.9. The molecule has 192 valence electrons. The van der Waals surface area contributed by atoms with E-state index in [1.54, 1.807) is 25.4 Å². The average molecular weight is 511 g/mol. The smallest absolute Gasteiger partial charge is 0.218 e. The number of likely N-dealkylation sites (N-methyl/N-ethyl adjacent to an activating group) is 1. The number of methoxy groups -OCH3 is 1. The van der Waals surface area contributed by atoms with Crippen molar-refractivity contribution >= 4 is 15.8 Å². The van der Waals surface area contributed by atoms with Crippen LogP contribution in [-0.4, -0.2) is 68.8 Å². The summed E-state index contributed by atoms with van der Waals surface area (Å²) in [4.78, 5) is 14.4. The van der Waals surface area contributed by atoms with Crippen molar-refractivity contribution in [2.24, 2.45) is 5.92 Å². The van der Waals surface area contributed by atoms with E-state index >= 15 is 0 Å². The molecule has 0 aromatic heterocycles. The van der Waals surface area contributed by atoms with Gasteiger partial charge in [-0.05, 0) is 62.3 Å². The van der Waals surface area contributed by atoms with Gasteiger partial charge in [0.25, 0.3) is 0 Å². The molecular formula is C28H34N2O5S. The molecule has 0 unspecified atom stereocenters. The van der Waals surface area contributed by atoms with E-state index in [1.165, 1.54) is 11.1 Å². The lowest BCUT2D eigenvalue weighted by molar-refractivity contribution is -0.122. The monoisotopic (exact) mass is 510 g/mol. The van der Waals surface area contributed by atoms with Crippen LogP contribution in [0.1, 0.15) is 42.9 Å². The molecular weight excluding hydrogens is 476 g/mol. The first-order valence-electron chi connectivity index (χ1n) is 12.9. The van der Waals surface area contributed by atoms with Crippen LogP contribution >= 0.6 is 0 Å². The zero-order valence-electron chi connectivity index (χ0n) is 21.1. The summed E-state index contributed by atoms with van der Waals surface area (Å²) < 4.78 is 41.3. The number of benzene rings is 2. The molecule has 7 nitrogen and oxygen atoms in total. The molecule has 2 aromatic rings. The molecule has 2 aliphatic heterocycles. The zero-order valence-corrected chi connectivity index (χ0v) is 22.0. The lowest BCUT2D eigenvalue weighted by Gasteiger charge is -2.60. The normalized spacial score (nSPS) is 30.6. The summed E-state index contributed by atoms with van der Waals surface area (Å²) in [5, 5.41) is 0. The number of Topliss-reactive ketones (excluding diaryl/α,β-unsaturated/α-hetero) is 1. The Labute approximate surface area is 213 Å². The summed E-state index contributed by atoms with van der Waals surface area (Å²) in [5.41, 5.74) is 2.99. The maximum atomic E-state index is 13.6. The number of hydrogen-bond donors (Lipinski definition) is 0. The lowest BCUT2D eigenvalue weighted by Crippen LogP contribution is -2.69. The highest BCUT2D eigenvalue weighted by atomic mass is 32.2. The van der Waals surface area contributed by atoms with Crippen molar-refractivity contribution in [2.75, 3.05) is 27.2 Å². The standard InChI is InChI=1S/C28H34N2O5S/c1-18(31)16-30-14-13-28-21-10-11-22(29(2)36(32,33)17-19-7-5-4-6-8-19)27(28)35-26-24(34-3)12-9-20(25(26)28)15-23(21)30/h4-9,12,21-23,27H,10-11,13-17H2,1-3H3/t21-,22-,23+,27-,28-/m0/s1. The van der Waals surface area contributed by atoms with Crippen LogP contribution in [0.3, 0.4) is 0 Å². The van der Waals surface area contributed by atoms with Crippen molar-refractivity contribution in [1.82, 2.24) is 9.21 Å². The van der Waals surface area contributed by atoms with E-state index in [-0.39, 0.29) is 35.1 Å². The Morgan fingerprint density at radius 3 is 2.69 bits per heavy atom. The first-order chi connectivity index (χ1) is 17.3. The highest BCUT2D eigenvalue weighted by molar-refractivity contribution is 7.88. The van der Waals surface area contributed by atoms with Gasteiger partial charge in [0, 0.05) is 24.1 Å². The predicted octanol–water partition coefficient (Wildman–Crippen LogP) is 3.15. The number of ether oxygens (including phenoxy) is 2. The number of carbonyl (C=O) groups excluding carboxylic acids is 1. The minimum Gasteiger partial charge on any atom is -0.493 e. The molecule has 0 radical (unpaired) electrons. The Hall–Kier alpha value is -2.42. The van der Waals surface area contributed by atoms with Crippen molar-refractivity contribution in [3.05, 3.63) is 59.2 Å². The Morgan fingerprint density at radius 1 is 1.19 bits per heavy atom. The Bertz CT molecular complexity index is 1300. The third kappa shape index (κ3) is 3.45. The zero-order chi connectivity index (χ0) is 25.2. The van der Waals surface area contributed by atoms with Crippen LogP contribution in [-0.2, 0) is 32.4 Å². The summed E-state index contributed by atoms with van der Waals surface area (Å²) in [6.07, 6.45) is 3.10. The molecule has 0 amide bonds. The van der Waals surface area contributed by atoms with Gasteiger partial charge in [-0.2, -0.15) is 4.31 Å². The SMILES string of the molecule is COc1ccc2c3c1O[C@H]1[C@@H](N(C)S(=O)(=O)Cc4ccccc4)CC[C@H]4[C@@H](C2)N(CC(C)=O)CC[C@@]341. The third-order valence-corrected chi connectivity index (χ3v) is 11.0. The van der Waals surface area contributed by atoms with Crippen molar-refractivity contribution in [1.29, 1.82) is 0 Å². The molecule has 2 fully saturated rings. The van der Waals surface area contributed by atoms with E-state index in [2.05, 4.69) is 11.0 Å². The number of piperidine rings is 1. The molecule has 1 spiro atoms. The van der Waals surface area contributed by atoms with Gasteiger partial charge in [-0.1, -0.05) is 36.4 Å². The van der Waals surface area contributed by atoms with Gasteiger partial charge in [0.15, 0.2) is 11.5 Å². The molecule has 2 aliphatic carbocycles. The average Bonchev–Trinajstić information content (AvgIpc) is 3.20. The van der Waals surface area contributed by atoms with E-state index in [0.717, 1.165) is 49.3 Å². The Kier molecular flexibility index (Phi) is 5.70. The number of rotatable bonds is 7. The number of nitrogens with zero attached hydrogens (tertiary/aromatic N) is 2. The Balaban J connectivity index is 1.41. The van der Waals surface area contributed by atoms with Crippen LogP contribution in [0.25, 0.3) is 0 Å². The first-order valence-corrected chi connectivity index (χ1v) is 14.5. The van der Waals surface area contributed by atoms with Crippen LogP contribution in [0.15, 0.2) is 42.5 Å². The van der Waals surface area contributed by atoms with Gasteiger partial charge in [-0.3, -0.25) is 9.69 Å². The predicted molar refractivity (Wildman–Crippen MR) is 137 cm³/mol. The number of likely N-dealkylation sites (tertiary alicyclic amines) is 1. The van der Waals surface area contributed by atoms with Crippen LogP contribution < -0.4 is 9.47 Å². The second-order valence-corrected chi connectivity index (χ2v) is 12.9. The van der Waals surface area contributed by atoms with E-state index in [9.17, 15) is 13.2 Å². The summed E-state index contributed by atoms with van der Waals surface area (Å²) in [6.45, 7) is 2.94. The highest BCUT2D eigenvalue weighted by Crippen LogP contribution is 2.64. The minimum atomic E-state index is -3.55. The van der Waals surface area contributed by atoms with Crippen molar-refractivity contribution in [2.45, 2.75) is 62.0 Å². The van der Waals surface area contributed by atoms with E-state index < -0.39 is 10.0 Å². The van der Waals surface area contributed by atoms with Gasteiger partial charge in [0.2, 0.25) is 10.0 Å². The van der Waals surface area contributed by atoms with Gasteiger partial charge >= 0.3 is 0 Å². The molecule has 1 saturated heterocycles. The fourth-order valence-corrected chi connectivity index (χ4v) is 9.14. The minimum absolute atomic E-state index is 0.0273. The second kappa shape index (κ2) is 8.57. The summed E-state index contributed by atoms with van der Waals surface area (Å²) in [7, 11) is -0.176. The lowest BCUT2D eigenvalue weighted by atomic mass is 9.51. The molecule has 6 rings (SSSR count). The summed E-state index contributed by atoms with van der Waals surface area (Å²) in [6, 6.07) is 13.5. The van der Waals surface area contributed by atoms with Crippen LogP contribution in [0.5, 0.6) is 11.5 Å². The highest BCUT2D eigenvalue weighted by Gasteiger charge is 2.66. The van der Waals surface area contributed by atoms with E-state index in [1.807, 2.05) is 36.4 Å². The summed E-state index contributed by atoms with van der Waals surface area (Å²) in [5.74, 6) is 1.99.